The maximum absolute atomic E-state index is 12.3. The van der Waals surface area contributed by atoms with E-state index in [0.717, 1.165) is 42.9 Å². The highest BCUT2D eigenvalue weighted by Gasteiger charge is 2.27. The van der Waals surface area contributed by atoms with Crippen LogP contribution in [0.1, 0.15) is 54.6 Å². The van der Waals surface area contributed by atoms with Gasteiger partial charge in [-0.1, -0.05) is 44.2 Å². The summed E-state index contributed by atoms with van der Waals surface area (Å²) >= 11 is 0. The Kier molecular flexibility index (Phi) is 10.3. The predicted molar refractivity (Wildman–Crippen MR) is 145 cm³/mol. The highest BCUT2D eigenvalue weighted by molar-refractivity contribution is 5.78. The van der Waals surface area contributed by atoms with Gasteiger partial charge in [-0.25, -0.2) is 0 Å². The first-order valence-electron chi connectivity index (χ1n) is 12.7. The van der Waals surface area contributed by atoms with E-state index >= 15 is 0 Å². The summed E-state index contributed by atoms with van der Waals surface area (Å²) in [6, 6.07) is 16.7. The Labute approximate surface area is 215 Å². The van der Waals surface area contributed by atoms with Crippen LogP contribution in [0.3, 0.4) is 0 Å². The van der Waals surface area contributed by atoms with Crippen molar-refractivity contribution in [3.63, 3.8) is 0 Å². The molecule has 6 nitrogen and oxygen atoms in total. The second kappa shape index (κ2) is 13.6. The third-order valence-electron chi connectivity index (χ3n) is 6.75. The maximum Gasteiger partial charge on any atom is 0.234 e. The van der Waals surface area contributed by atoms with Gasteiger partial charge in [0.1, 0.15) is 0 Å². The number of hydrogen-bond donors (Lipinski definition) is 1. The molecule has 1 aliphatic heterocycles. The van der Waals surface area contributed by atoms with Crippen molar-refractivity contribution < 1.29 is 14.3 Å². The molecule has 2 aromatic carbocycles. The molecule has 0 aliphatic carbocycles. The van der Waals surface area contributed by atoms with Gasteiger partial charge in [-0.3, -0.25) is 14.7 Å². The van der Waals surface area contributed by atoms with Gasteiger partial charge in [0.15, 0.2) is 11.5 Å². The van der Waals surface area contributed by atoms with Gasteiger partial charge in [0.05, 0.1) is 20.8 Å². The van der Waals surface area contributed by atoms with Crippen LogP contribution in [0.25, 0.3) is 0 Å². The van der Waals surface area contributed by atoms with Crippen molar-refractivity contribution in [3.8, 4) is 11.5 Å². The zero-order chi connectivity index (χ0) is 25.9. The van der Waals surface area contributed by atoms with Crippen LogP contribution in [-0.2, 0) is 30.6 Å². The number of pyridine rings is 1. The fourth-order valence-corrected chi connectivity index (χ4v) is 4.60. The van der Waals surface area contributed by atoms with Crippen molar-refractivity contribution in [1.29, 1.82) is 0 Å². The fraction of sp³-hybridized carbons (Fsp3) is 0.400. The average Bonchev–Trinajstić information content (AvgIpc) is 2.93. The zero-order valence-electron chi connectivity index (χ0n) is 22.2. The van der Waals surface area contributed by atoms with Gasteiger partial charge < -0.3 is 14.8 Å². The molecular formula is C30H39N3O3. The van der Waals surface area contributed by atoms with E-state index in [4.69, 9.17) is 9.47 Å². The quantitative estimate of drug-likeness (QED) is 0.474. The second-order valence-corrected chi connectivity index (χ2v) is 8.92. The topological polar surface area (TPSA) is 63.7 Å². The van der Waals surface area contributed by atoms with E-state index in [9.17, 15) is 4.79 Å². The molecule has 0 bridgehead atoms. The first-order chi connectivity index (χ1) is 17.5. The molecule has 36 heavy (non-hydrogen) atoms. The van der Waals surface area contributed by atoms with Gasteiger partial charge in [0.2, 0.25) is 5.91 Å². The molecule has 0 radical (unpaired) electrons. The highest BCUT2D eigenvalue weighted by atomic mass is 16.5. The minimum atomic E-state index is 0.0182. The Morgan fingerprint density at radius 3 is 2.28 bits per heavy atom. The summed E-state index contributed by atoms with van der Waals surface area (Å²) in [5.74, 6) is 1.49. The molecule has 3 aromatic rings. The summed E-state index contributed by atoms with van der Waals surface area (Å²) in [5, 5.41) is 2.97. The highest BCUT2D eigenvalue weighted by Crippen LogP contribution is 2.37. The summed E-state index contributed by atoms with van der Waals surface area (Å²) in [4.78, 5) is 18.6. The largest absolute Gasteiger partial charge is 0.493 e. The van der Waals surface area contributed by atoms with Crippen molar-refractivity contribution in [2.45, 2.75) is 52.6 Å². The number of aryl methyl sites for hydroxylation is 2. The Bertz CT molecular complexity index is 1090. The van der Waals surface area contributed by atoms with Crippen LogP contribution < -0.4 is 14.8 Å². The number of hydrogen-bond acceptors (Lipinski definition) is 5. The lowest BCUT2D eigenvalue weighted by atomic mass is 9.93. The number of benzene rings is 2. The van der Waals surface area contributed by atoms with E-state index in [1.807, 2.05) is 24.3 Å². The van der Waals surface area contributed by atoms with Crippen LogP contribution in [0.4, 0.5) is 0 Å². The number of carbonyl (C=O) groups excluding carboxylic acids is 1. The van der Waals surface area contributed by atoms with Gasteiger partial charge in [-0.05, 0) is 72.2 Å². The minimum Gasteiger partial charge on any atom is -0.493 e. The Morgan fingerprint density at radius 1 is 1.03 bits per heavy atom. The normalized spacial score (nSPS) is 14.8. The lowest BCUT2D eigenvalue weighted by Gasteiger charge is -2.35. The van der Waals surface area contributed by atoms with E-state index in [-0.39, 0.29) is 11.9 Å². The number of amides is 1. The number of aromatic nitrogens is 1. The maximum atomic E-state index is 12.3. The lowest BCUT2D eigenvalue weighted by molar-refractivity contribution is -0.123. The number of methoxy groups -OCH3 is 2. The zero-order valence-corrected chi connectivity index (χ0v) is 22.2. The van der Waals surface area contributed by atoms with Crippen molar-refractivity contribution in [1.82, 2.24) is 15.2 Å². The number of nitrogens with one attached hydrogen (secondary N) is 1. The number of rotatable bonds is 8. The summed E-state index contributed by atoms with van der Waals surface area (Å²) in [7, 11) is 3.29. The monoisotopic (exact) mass is 489 g/mol. The molecule has 0 saturated heterocycles. The molecular weight excluding hydrogens is 450 g/mol. The molecule has 0 spiro atoms. The summed E-state index contributed by atoms with van der Waals surface area (Å²) < 4.78 is 10.8. The van der Waals surface area contributed by atoms with E-state index in [1.54, 1.807) is 26.6 Å². The molecule has 0 saturated carbocycles. The average molecular weight is 490 g/mol. The summed E-state index contributed by atoms with van der Waals surface area (Å²) in [5.41, 5.74) is 6.42. The molecule has 1 amide bonds. The van der Waals surface area contributed by atoms with Crippen molar-refractivity contribution >= 4 is 5.91 Å². The third-order valence-corrected chi connectivity index (χ3v) is 6.75. The standard InChI is InChI=1S/C20H25N3O3.C10H14/c1-14-17-10-19(26-3)18(25-2)9-16(17)6-8-23(14)13-20(24)22-12-15-5-4-7-21-11-15;1-3-9-7-5-6-8-10(9)4-2/h4-5,7,9-11,14H,6,8,12-13H2,1-3H3,(H,22,24);5-8H,3-4H2,1-2H3. The molecule has 1 atom stereocenters. The van der Waals surface area contributed by atoms with Gasteiger partial charge >= 0.3 is 0 Å². The van der Waals surface area contributed by atoms with Gasteiger partial charge in [-0.2, -0.15) is 0 Å². The molecule has 1 aromatic heterocycles. The Balaban J connectivity index is 0.000000303. The molecule has 1 unspecified atom stereocenters. The van der Waals surface area contributed by atoms with E-state index in [2.05, 4.69) is 60.2 Å². The first kappa shape index (κ1) is 27.2. The van der Waals surface area contributed by atoms with Gasteiger partial charge in [0.25, 0.3) is 0 Å². The summed E-state index contributed by atoms with van der Waals surface area (Å²) in [6.45, 7) is 8.23. The van der Waals surface area contributed by atoms with Crippen molar-refractivity contribution in [3.05, 3.63) is 88.7 Å². The summed E-state index contributed by atoms with van der Waals surface area (Å²) in [6.07, 6.45) is 6.69. The SMILES string of the molecule is CCc1ccccc1CC.COc1cc2c(cc1OC)C(C)N(CC(=O)NCc1cccnc1)CC2. The van der Waals surface area contributed by atoms with Crippen LogP contribution in [0, 0.1) is 0 Å². The number of nitrogens with zero attached hydrogens (tertiary/aromatic N) is 2. The smallest absolute Gasteiger partial charge is 0.234 e. The van der Waals surface area contributed by atoms with Crippen LogP contribution in [0.5, 0.6) is 11.5 Å². The van der Waals surface area contributed by atoms with Crippen molar-refractivity contribution in [2.75, 3.05) is 27.3 Å². The van der Waals surface area contributed by atoms with Gasteiger partial charge in [0, 0.05) is 31.5 Å². The Hall–Kier alpha value is -3.38. The molecule has 1 N–H and O–H groups in total. The lowest BCUT2D eigenvalue weighted by Crippen LogP contribution is -2.41. The molecule has 2 heterocycles. The van der Waals surface area contributed by atoms with Crippen molar-refractivity contribution in [2.24, 2.45) is 0 Å². The van der Waals surface area contributed by atoms with Crippen LogP contribution in [-0.4, -0.2) is 43.1 Å². The number of carbonyl (C=O) groups is 1. The number of fused-ring (bicyclic) bond motifs is 1. The van der Waals surface area contributed by atoms with E-state index in [1.165, 1.54) is 22.3 Å². The molecule has 0 fully saturated rings. The second-order valence-electron chi connectivity index (χ2n) is 8.92. The molecule has 192 valence electrons. The molecule has 6 heteroatoms. The van der Waals surface area contributed by atoms with E-state index in [0.29, 0.717) is 13.1 Å². The number of ether oxygens (including phenoxy) is 2. The first-order valence-corrected chi connectivity index (χ1v) is 12.7. The van der Waals surface area contributed by atoms with Crippen LogP contribution >= 0.6 is 0 Å². The van der Waals surface area contributed by atoms with Crippen LogP contribution in [0.15, 0.2) is 60.9 Å². The van der Waals surface area contributed by atoms with Gasteiger partial charge in [-0.15, -0.1) is 0 Å². The van der Waals surface area contributed by atoms with Crippen LogP contribution in [0.2, 0.25) is 0 Å². The molecule has 1 aliphatic rings. The van der Waals surface area contributed by atoms with E-state index < -0.39 is 0 Å². The Morgan fingerprint density at radius 2 is 1.69 bits per heavy atom. The molecule has 4 rings (SSSR count). The predicted octanol–water partition coefficient (Wildman–Crippen LogP) is 5.15. The third kappa shape index (κ3) is 7.08. The minimum absolute atomic E-state index is 0.0182. The fourth-order valence-electron chi connectivity index (χ4n) is 4.60.